The van der Waals surface area contributed by atoms with Gasteiger partial charge in [-0.1, -0.05) is 24.3 Å². The predicted molar refractivity (Wildman–Crippen MR) is 78.0 cm³/mol. The highest BCUT2D eigenvalue weighted by Crippen LogP contribution is 2.29. The molecule has 0 aliphatic heterocycles. The van der Waals surface area contributed by atoms with Crippen molar-refractivity contribution in [1.82, 2.24) is 10.2 Å². The van der Waals surface area contributed by atoms with Gasteiger partial charge in [0.25, 0.3) is 11.6 Å². The van der Waals surface area contributed by atoms with Gasteiger partial charge in [0.15, 0.2) is 0 Å². The molecule has 104 valence electrons. The van der Waals surface area contributed by atoms with Gasteiger partial charge in [0.1, 0.15) is 9.48 Å². The standard InChI is InChI=1S/C11H9BrN4O3S/c1-2-8-14-15-11(20-8)13-10(17)6-4-3-5-7(9(6)12)16(18)19/h3-5H,2H2,1H3,(H,13,15,17). The molecule has 0 fully saturated rings. The minimum absolute atomic E-state index is 0.141. The van der Waals surface area contributed by atoms with E-state index in [2.05, 4.69) is 31.4 Å². The van der Waals surface area contributed by atoms with Crippen LogP contribution in [0, 0.1) is 10.1 Å². The van der Waals surface area contributed by atoms with Crippen molar-refractivity contribution in [1.29, 1.82) is 0 Å². The Hall–Kier alpha value is -1.87. The number of hydrogen-bond donors (Lipinski definition) is 1. The summed E-state index contributed by atoms with van der Waals surface area (Å²) in [6.07, 6.45) is 0.730. The van der Waals surface area contributed by atoms with Crippen molar-refractivity contribution >= 4 is 44.0 Å². The number of aromatic nitrogens is 2. The van der Waals surface area contributed by atoms with Gasteiger partial charge >= 0.3 is 0 Å². The highest BCUT2D eigenvalue weighted by atomic mass is 79.9. The van der Waals surface area contributed by atoms with Gasteiger partial charge in [-0.25, -0.2) is 0 Å². The van der Waals surface area contributed by atoms with Crippen LogP contribution in [0.25, 0.3) is 0 Å². The topological polar surface area (TPSA) is 98.0 Å². The molecule has 0 saturated heterocycles. The number of aryl methyl sites for hydroxylation is 1. The maximum atomic E-state index is 12.1. The number of nitro groups is 1. The largest absolute Gasteiger partial charge is 0.296 e. The zero-order valence-electron chi connectivity index (χ0n) is 10.3. The summed E-state index contributed by atoms with van der Waals surface area (Å²) in [6, 6.07) is 4.27. The third kappa shape index (κ3) is 2.99. The third-order valence-electron chi connectivity index (χ3n) is 2.41. The molecule has 20 heavy (non-hydrogen) atoms. The van der Waals surface area contributed by atoms with Gasteiger partial charge in [-0.15, -0.1) is 10.2 Å². The van der Waals surface area contributed by atoms with Crippen LogP contribution in [-0.2, 0) is 6.42 Å². The summed E-state index contributed by atoms with van der Waals surface area (Å²) >= 11 is 4.35. The number of nitrogens with zero attached hydrogens (tertiary/aromatic N) is 3. The Morgan fingerprint density at radius 2 is 2.25 bits per heavy atom. The monoisotopic (exact) mass is 356 g/mol. The van der Waals surface area contributed by atoms with Gasteiger partial charge in [0.2, 0.25) is 5.13 Å². The van der Waals surface area contributed by atoms with Crippen LogP contribution in [0.3, 0.4) is 0 Å². The molecule has 0 radical (unpaired) electrons. The molecule has 0 unspecified atom stereocenters. The van der Waals surface area contributed by atoms with Crippen molar-refractivity contribution in [2.24, 2.45) is 0 Å². The van der Waals surface area contributed by atoms with E-state index in [1.54, 1.807) is 0 Å². The van der Waals surface area contributed by atoms with Crippen molar-refractivity contribution in [2.75, 3.05) is 5.32 Å². The highest BCUT2D eigenvalue weighted by Gasteiger charge is 2.20. The highest BCUT2D eigenvalue weighted by molar-refractivity contribution is 9.10. The molecule has 1 heterocycles. The molecule has 2 aromatic rings. The van der Waals surface area contributed by atoms with Crippen LogP contribution < -0.4 is 5.32 Å². The minimum atomic E-state index is -0.555. The summed E-state index contributed by atoms with van der Waals surface area (Å²) in [4.78, 5) is 22.3. The number of rotatable bonds is 4. The number of amides is 1. The van der Waals surface area contributed by atoms with E-state index >= 15 is 0 Å². The van der Waals surface area contributed by atoms with E-state index in [1.165, 1.54) is 29.5 Å². The average Bonchev–Trinajstić information content (AvgIpc) is 2.86. The van der Waals surface area contributed by atoms with Crippen molar-refractivity contribution in [3.63, 3.8) is 0 Å². The zero-order chi connectivity index (χ0) is 14.7. The summed E-state index contributed by atoms with van der Waals surface area (Å²) < 4.78 is 0.141. The van der Waals surface area contributed by atoms with Crippen LogP contribution in [0.4, 0.5) is 10.8 Å². The van der Waals surface area contributed by atoms with Crippen LogP contribution >= 0.6 is 27.3 Å². The van der Waals surface area contributed by atoms with Crippen LogP contribution in [0.2, 0.25) is 0 Å². The van der Waals surface area contributed by atoms with Crippen molar-refractivity contribution in [2.45, 2.75) is 13.3 Å². The third-order valence-corrected chi connectivity index (χ3v) is 4.23. The van der Waals surface area contributed by atoms with Crippen LogP contribution in [-0.4, -0.2) is 21.0 Å². The molecule has 1 aromatic heterocycles. The maximum Gasteiger partial charge on any atom is 0.284 e. The fourth-order valence-electron chi connectivity index (χ4n) is 1.45. The molecule has 1 aromatic carbocycles. The molecule has 0 atom stereocenters. The lowest BCUT2D eigenvalue weighted by molar-refractivity contribution is -0.385. The lowest BCUT2D eigenvalue weighted by Crippen LogP contribution is -2.13. The Balaban J connectivity index is 2.25. The normalized spacial score (nSPS) is 10.3. The summed E-state index contributed by atoms with van der Waals surface area (Å²) in [5.41, 5.74) is 0.0107. The Kier molecular flexibility index (Phi) is 4.40. The number of benzene rings is 1. The first kappa shape index (κ1) is 14.5. The van der Waals surface area contributed by atoms with Crippen LogP contribution in [0.5, 0.6) is 0 Å². The van der Waals surface area contributed by atoms with E-state index in [4.69, 9.17) is 0 Å². The first-order valence-electron chi connectivity index (χ1n) is 5.59. The Bertz CT molecular complexity index is 673. The number of nitro benzene ring substituents is 1. The number of carbonyl (C=O) groups excluding carboxylic acids is 1. The molecular weight excluding hydrogens is 348 g/mol. The molecule has 0 spiro atoms. The van der Waals surface area contributed by atoms with Gasteiger partial charge in [-0.3, -0.25) is 20.2 Å². The first-order valence-corrected chi connectivity index (χ1v) is 7.20. The molecule has 0 bridgehead atoms. The minimum Gasteiger partial charge on any atom is -0.296 e. The van der Waals surface area contributed by atoms with E-state index < -0.39 is 10.8 Å². The fraction of sp³-hybridized carbons (Fsp3) is 0.182. The molecule has 7 nitrogen and oxygen atoms in total. The Morgan fingerprint density at radius 1 is 1.50 bits per heavy atom. The number of halogens is 1. The van der Waals surface area contributed by atoms with Gasteiger partial charge in [-0.2, -0.15) is 0 Å². The molecule has 2 rings (SSSR count). The number of nitrogens with one attached hydrogen (secondary N) is 1. The van der Waals surface area contributed by atoms with Gasteiger partial charge in [-0.05, 0) is 28.4 Å². The molecular formula is C11H9BrN4O3S. The first-order chi connectivity index (χ1) is 9.52. The lowest BCUT2D eigenvalue weighted by Gasteiger charge is -2.04. The van der Waals surface area contributed by atoms with Crippen LogP contribution in [0.15, 0.2) is 22.7 Å². The zero-order valence-corrected chi connectivity index (χ0v) is 12.7. The van der Waals surface area contributed by atoms with Gasteiger partial charge in [0.05, 0.1) is 10.5 Å². The number of carbonyl (C=O) groups is 1. The lowest BCUT2D eigenvalue weighted by atomic mass is 10.2. The average molecular weight is 357 g/mol. The van der Waals surface area contributed by atoms with Crippen LogP contribution in [0.1, 0.15) is 22.3 Å². The summed E-state index contributed by atoms with van der Waals surface area (Å²) in [6.45, 7) is 1.93. The van der Waals surface area contributed by atoms with Gasteiger partial charge in [0, 0.05) is 6.07 Å². The van der Waals surface area contributed by atoms with E-state index in [9.17, 15) is 14.9 Å². The quantitative estimate of drug-likeness (QED) is 0.670. The van der Waals surface area contributed by atoms with Crippen molar-refractivity contribution < 1.29 is 9.72 Å². The maximum absolute atomic E-state index is 12.1. The molecule has 0 aliphatic carbocycles. The second kappa shape index (κ2) is 6.06. The second-order valence-electron chi connectivity index (χ2n) is 3.70. The van der Waals surface area contributed by atoms with E-state index in [-0.39, 0.29) is 15.7 Å². The summed E-state index contributed by atoms with van der Waals surface area (Å²) in [5, 5.41) is 22.3. The predicted octanol–water partition coefficient (Wildman–Crippen LogP) is 3.02. The van der Waals surface area contributed by atoms with E-state index in [1.807, 2.05) is 6.92 Å². The molecule has 1 amide bonds. The molecule has 9 heteroatoms. The molecule has 0 saturated carbocycles. The second-order valence-corrected chi connectivity index (χ2v) is 5.56. The number of anilines is 1. The molecule has 1 N–H and O–H groups in total. The number of hydrogen-bond acceptors (Lipinski definition) is 6. The van der Waals surface area contributed by atoms with Crippen molar-refractivity contribution in [3.05, 3.63) is 43.4 Å². The smallest absolute Gasteiger partial charge is 0.284 e. The van der Waals surface area contributed by atoms with E-state index in [0.717, 1.165) is 11.4 Å². The Labute approximate surface area is 126 Å². The van der Waals surface area contributed by atoms with Crippen molar-refractivity contribution in [3.8, 4) is 0 Å². The Morgan fingerprint density at radius 3 is 2.85 bits per heavy atom. The SMILES string of the molecule is CCc1nnc(NC(=O)c2cccc([N+](=O)[O-])c2Br)s1. The fourth-order valence-corrected chi connectivity index (χ4v) is 2.71. The molecule has 0 aliphatic rings. The summed E-state index contributed by atoms with van der Waals surface area (Å²) in [5.74, 6) is -0.473. The van der Waals surface area contributed by atoms with E-state index in [0.29, 0.717) is 5.13 Å². The summed E-state index contributed by atoms with van der Waals surface area (Å²) in [7, 11) is 0. The van der Waals surface area contributed by atoms with Gasteiger partial charge < -0.3 is 0 Å².